The first kappa shape index (κ1) is 22.1. The first-order valence-corrected chi connectivity index (χ1v) is 11.3. The minimum Gasteiger partial charge on any atom is -0.484 e. The highest BCUT2D eigenvalue weighted by Gasteiger charge is 2.29. The van der Waals surface area contributed by atoms with Gasteiger partial charge in [0.25, 0.3) is 5.91 Å². The smallest absolute Gasteiger partial charge is 0.260 e. The van der Waals surface area contributed by atoms with Gasteiger partial charge in [-0.2, -0.15) is 0 Å². The summed E-state index contributed by atoms with van der Waals surface area (Å²) < 4.78 is 5.71. The number of benzene rings is 3. The normalized spacial score (nSPS) is 15.4. The first-order valence-electron chi connectivity index (χ1n) is 11.3. The summed E-state index contributed by atoms with van der Waals surface area (Å²) in [7, 11) is 0. The van der Waals surface area contributed by atoms with Gasteiger partial charge in [0.1, 0.15) is 5.75 Å². The summed E-state index contributed by atoms with van der Waals surface area (Å²) in [5, 5.41) is 0. The van der Waals surface area contributed by atoms with Gasteiger partial charge in [0.05, 0.1) is 6.04 Å². The maximum Gasteiger partial charge on any atom is 0.260 e. The first-order chi connectivity index (χ1) is 15.5. The van der Waals surface area contributed by atoms with Crippen molar-refractivity contribution >= 4 is 5.91 Å². The number of nitrogens with zero attached hydrogens (tertiary/aromatic N) is 2. The van der Waals surface area contributed by atoms with Gasteiger partial charge in [-0.25, -0.2) is 0 Å². The van der Waals surface area contributed by atoms with Crippen LogP contribution < -0.4 is 4.74 Å². The molecule has 4 nitrogen and oxygen atoms in total. The van der Waals surface area contributed by atoms with E-state index in [1.165, 1.54) is 27.8 Å². The van der Waals surface area contributed by atoms with Gasteiger partial charge >= 0.3 is 0 Å². The molecular formula is C28H32N2O2. The van der Waals surface area contributed by atoms with Crippen molar-refractivity contribution in [3.63, 3.8) is 0 Å². The number of amides is 1. The van der Waals surface area contributed by atoms with E-state index >= 15 is 0 Å². The highest BCUT2D eigenvalue weighted by molar-refractivity contribution is 5.77. The summed E-state index contributed by atoms with van der Waals surface area (Å²) in [5.41, 5.74) is 6.39. The maximum atomic E-state index is 12.7. The lowest BCUT2D eigenvalue weighted by Gasteiger charge is -2.40. The summed E-state index contributed by atoms with van der Waals surface area (Å²) in [6.45, 7) is 9.56. The lowest BCUT2D eigenvalue weighted by Crippen LogP contribution is -2.51. The number of ether oxygens (including phenoxy) is 1. The standard InChI is InChI=1S/C28H32N2O2/c1-21-10-13-25(14-11-21)32-20-27(31)29-15-17-30(18-16-29)28(24-7-5-4-6-8-24)26-19-22(2)9-12-23(26)3/h4-14,19,28H,15-18,20H2,1-3H3. The maximum absolute atomic E-state index is 12.7. The Morgan fingerprint density at radius 2 is 1.50 bits per heavy atom. The Labute approximate surface area is 191 Å². The number of rotatable bonds is 6. The van der Waals surface area contributed by atoms with Crippen molar-refractivity contribution in [1.29, 1.82) is 0 Å². The van der Waals surface area contributed by atoms with Gasteiger partial charge in [-0.3, -0.25) is 9.69 Å². The summed E-state index contributed by atoms with van der Waals surface area (Å²) >= 11 is 0. The molecule has 0 spiro atoms. The molecule has 1 heterocycles. The Kier molecular flexibility index (Phi) is 6.91. The summed E-state index contributed by atoms with van der Waals surface area (Å²) in [5.74, 6) is 0.787. The molecule has 1 saturated heterocycles. The van der Waals surface area contributed by atoms with Crippen LogP contribution in [0.4, 0.5) is 0 Å². The third-order valence-corrected chi connectivity index (χ3v) is 6.26. The number of piperazine rings is 1. The van der Waals surface area contributed by atoms with E-state index in [1.54, 1.807) is 0 Å². The van der Waals surface area contributed by atoms with Gasteiger partial charge in [0, 0.05) is 26.2 Å². The molecule has 3 aromatic carbocycles. The van der Waals surface area contributed by atoms with Crippen LogP contribution in [0.1, 0.15) is 33.9 Å². The second kappa shape index (κ2) is 10.0. The molecule has 0 saturated carbocycles. The van der Waals surface area contributed by atoms with Crippen LogP contribution in [0.25, 0.3) is 0 Å². The molecule has 3 aromatic rings. The van der Waals surface area contributed by atoms with Crippen LogP contribution in [-0.2, 0) is 4.79 Å². The molecule has 1 aliphatic rings. The molecule has 1 aliphatic heterocycles. The number of aryl methyl sites for hydroxylation is 3. The molecule has 0 aromatic heterocycles. The molecule has 0 aliphatic carbocycles. The van der Waals surface area contributed by atoms with E-state index in [2.05, 4.69) is 67.3 Å². The number of hydrogen-bond donors (Lipinski definition) is 0. The Morgan fingerprint density at radius 1 is 0.844 bits per heavy atom. The zero-order valence-corrected chi connectivity index (χ0v) is 19.3. The van der Waals surface area contributed by atoms with Crippen molar-refractivity contribution in [3.8, 4) is 5.75 Å². The minimum absolute atomic E-state index is 0.0493. The summed E-state index contributed by atoms with van der Waals surface area (Å²) in [6.07, 6.45) is 0. The number of carbonyl (C=O) groups is 1. The van der Waals surface area contributed by atoms with Crippen LogP contribution in [0.15, 0.2) is 72.8 Å². The van der Waals surface area contributed by atoms with Crippen molar-refractivity contribution in [1.82, 2.24) is 9.80 Å². The highest BCUT2D eigenvalue weighted by atomic mass is 16.5. The molecule has 1 amide bonds. The predicted octanol–water partition coefficient (Wildman–Crippen LogP) is 4.92. The van der Waals surface area contributed by atoms with Crippen molar-refractivity contribution < 1.29 is 9.53 Å². The summed E-state index contributed by atoms with van der Waals surface area (Å²) in [6, 6.07) is 25.4. The van der Waals surface area contributed by atoms with Crippen LogP contribution in [0.2, 0.25) is 0 Å². The molecule has 166 valence electrons. The van der Waals surface area contributed by atoms with Gasteiger partial charge in [-0.05, 0) is 49.6 Å². The van der Waals surface area contributed by atoms with Crippen LogP contribution in [0.3, 0.4) is 0 Å². The second-order valence-corrected chi connectivity index (χ2v) is 8.69. The SMILES string of the molecule is Cc1ccc(OCC(=O)N2CCN(C(c3ccccc3)c3cc(C)ccc3C)CC2)cc1. The molecular weight excluding hydrogens is 396 g/mol. The van der Waals surface area contributed by atoms with Crippen LogP contribution >= 0.6 is 0 Å². The predicted molar refractivity (Wildman–Crippen MR) is 129 cm³/mol. The molecule has 1 fully saturated rings. The third kappa shape index (κ3) is 5.20. The van der Waals surface area contributed by atoms with E-state index in [1.807, 2.05) is 36.1 Å². The van der Waals surface area contributed by atoms with E-state index < -0.39 is 0 Å². The van der Waals surface area contributed by atoms with E-state index in [0.717, 1.165) is 18.8 Å². The van der Waals surface area contributed by atoms with E-state index in [0.29, 0.717) is 13.1 Å². The Hall–Kier alpha value is -3.11. The highest BCUT2D eigenvalue weighted by Crippen LogP contribution is 2.32. The molecule has 32 heavy (non-hydrogen) atoms. The van der Waals surface area contributed by atoms with Gasteiger partial charge in [-0.15, -0.1) is 0 Å². The van der Waals surface area contributed by atoms with Crippen LogP contribution in [-0.4, -0.2) is 48.5 Å². The van der Waals surface area contributed by atoms with E-state index in [4.69, 9.17) is 4.74 Å². The Balaban J connectivity index is 1.44. The van der Waals surface area contributed by atoms with Crippen LogP contribution in [0, 0.1) is 20.8 Å². The fourth-order valence-electron chi connectivity index (χ4n) is 4.38. The average molecular weight is 429 g/mol. The lowest BCUT2D eigenvalue weighted by molar-refractivity contribution is -0.135. The monoisotopic (exact) mass is 428 g/mol. The largest absolute Gasteiger partial charge is 0.484 e. The zero-order valence-electron chi connectivity index (χ0n) is 19.3. The Morgan fingerprint density at radius 3 is 2.19 bits per heavy atom. The number of hydrogen-bond acceptors (Lipinski definition) is 3. The topological polar surface area (TPSA) is 32.8 Å². The third-order valence-electron chi connectivity index (χ3n) is 6.26. The molecule has 0 N–H and O–H groups in total. The van der Waals surface area contributed by atoms with Gasteiger partial charge in [0.2, 0.25) is 0 Å². The molecule has 4 heteroatoms. The van der Waals surface area contributed by atoms with Crippen molar-refractivity contribution in [2.24, 2.45) is 0 Å². The van der Waals surface area contributed by atoms with Gasteiger partial charge in [0.15, 0.2) is 6.61 Å². The van der Waals surface area contributed by atoms with Crippen molar-refractivity contribution in [2.75, 3.05) is 32.8 Å². The molecule has 1 atom stereocenters. The minimum atomic E-state index is 0.0493. The van der Waals surface area contributed by atoms with Crippen molar-refractivity contribution in [2.45, 2.75) is 26.8 Å². The molecule has 0 radical (unpaired) electrons. The molecule has 0 bridgehead atoms. The fourth-order valence-corrected chi connectivity index (χ4v) is 4.38. The molecule has 1 unspecified atom stereocenters. The second-order valence-electron chi connectivity index (χ2n) is 8.69. The van der Waals surface area contributed by atoms with E-state index in [-0.39, 0.29) is 18.6 Å². The van der Waals surface area contributed by atoms with Crippen LogP contribution in [0.5, 0.6) is 5.75 Å². The lowest BCUT2D eigenvalue weighted by atomic mass is 9.92. The fraction of sp³-hybridized carbons (Fsp3) is 0.321. The molecule has 4 rings (SSSR count). The van der Waals surface area contributed by atoms with Crippen molar-refractivity contribution in [3.05, 3.63) is 101 Å². The Bertz CT molecular complexity index is 1040. The zero-order chi connectivity index (χ0) is 22.5. The quantitative estimate of drug-likeness (QED) is 0.558. The summed E-state index contributed by atoms with van der Waals surface area (Å²) in [4.78, 5) is 17.2. The van der Waals surface area contributed by atoms with Gasteiger partial charge in [-0.1, -0.05) is 71.8 Å². The average Bonchev–Trinajstić information content (AvgIpc) is 2.82. The number of carbonyl (C=O) groups excluding carboxylic acids is 1. The van der Waals surface area contributed by atoms with E-state index in [9.17, 15) is 4.79 Å². The van der Waals surface area contributed by atoms with Gasteiger partial charge < -0.3 is 9.64 Å².